The maximum absolute atomic E-state index is 13.5. The molecule has 4 heteroatoms. The van der Waals surface area contributed by atoms with Crippen LogP contribution in [-0.2, 0) is 11.2 Å². The third-order valence-electron chi connectivity index (χ3n) is 8.25. The summed E-state index contributed by atoms with van der Waals surface area (Å²) in [6.07, 6.45) is 10.7. The molecule has 1 saturated heterocycles. The summed E-state index contributed by atoms with van der Waals surface area (Å²) in [6.45, 7) is 5.43. The molecule has 0 spiro atoms. The largest absolute Gasteiger partial charge is 0.345 e. The van der Waals surface area contributed by atoms with Crippen molar-refractivity contribution in [2.75, 3.05) is 20.6 Å². The smallest absolute Gasteiger partial charge is 0.226 e. The summed E-state index contributed by atoms with van der Waals surface area (Å²) in [5.74, 6) is 0.953. The summed E-state index contributed by atoms with van der Waals surface area (Å²) in [6, 6.07) is 8.26. The minimum absolute atomic E-state index is 0.118. The number of nitrogens with zero attached hydrogens (tertiary/aromatic N) is 3. The van der Waals surface area contributed by atoms with Gasteiger partial charge in [0.1, 0.15) is 0 Å². The number of aromatic nitrogens is 1. The van der Waals surface area contributed by atoms with Gasteiger partial charge in [-0.25, -0.2) is 0 Å². The Morgan fingerprint density at radius 2 is 1.93 bits per heavy atom. The fourth-order valence-corrected chi connectivity index (χ4v) is 6.62. The lowest BCUT2D eigenvalue weighted by Crippen LogP contribution is -2.52. The minimum Gasteiger partial charge on any atom is -0.345 e. The van der Waals surface area contributed by atoms with E-state index in [1.807, 2.05) is 0 Å². The Morgan fingerprint density at radius 3 is 2.67 bits per heavy atom. The molecule has 30 heavy (non-hydrogen) atoms. The molecule has 2 aromatic rings. The van der Waals surface area contributed by atoms with Gasteiger partial charge in [-0.15, -0.1) is 0 Å². The highest BCUT2D eigenvalue weighted by Gasteiger charge is 2.43. The molecule has 1 saturated carbocycles. The topological polar surface area (TPSA) is 28.5 Å². The van der Waals surface area contributed by atoms with Gasteiger partial charge in [0.2, 0.25) is 5.91 Å². The molecular weight excluding hydrogens is 370 g/mol. The van der Waals surface area contributed by atoms with Gasteiger partial charge in [0, 0.05) is 54.7 Å². The lowest BCUT2D eigenvalue weighted by Gasteiger charge is -2.46. The molecule has 2 heterocycles. The second kappa shape index (κ2) is 7.71. The van der Waals surface area contributed by atoms with Crippen LogP contribution in [0.5, 0.6) is 0 Å². The highest BCUT2D eigenvalue weighted by molar-refractivity contribution is 5.89. The van der Waals surface area contributed by atoms with Gasteiger partial charge in [-0.3, -0.25) is 4.79 Å². The Morgan fingerprint density at radius 1 is 1.17 bits per heavy atom. The number of carbonyl (C=O) groups is 1. The highest BCUT2D eigenvalue weighted by atomic mass is 16.2. The molecule has 2 aliphatic carbocycles. The first-order valence-electron chi connectivity index (χ1n) is 12.0. The van der Waals surface area contributed by atoms with Crippen molar-refractivity contribution in [1.29, 1.82) is 0 Å². The van der Waals surface area contributed by atoms with Gasteiger partial charge in [-0.2, -0.15) is 0 Å². The molecule has 0 N–H and O–H groups in total. The summed E-state index contributed by atoms with van der Waals surface area (Å²) in [5.41, 5.74) is 4.33. The van der Waals surface area contributed by atoms with Crippen molar-refractivity contribution in [2.45, 2.75) is 82.8 Å². The lowest BCUT2D eigenvalue weighted by atomic mass is 9.72. The second-order valence-electron chi connectivity index (χ2n) is 10.4. The molecule has 5 rings (SSSR count). The minimum atomic E-state index is 0.118. The quantitative estimate of drug-likeness (QED) is 0.718. The number of rotatable bonds is 3. The fraction of sp³-hybridized carbons (Fsp3) is 0.654. The summed E-state index contributed by atoms with van der Waals surface area (Å²) < 4.78 is 2.44. The molecule has 0 radical (unpaired) electrons. The van der Waals surface area contributed by atoms with Crippen LogP contribution in [0, 0.1) is 5.92 Å². The van der Waals surface area contributed by atoms with Crippen molar-refractivity contribution in [3.8, 4) is 0 Å². The molecule has 1 aliphatic heterocycles. The average Bonchev–Trinajstić information content (AvgIpc) is 3.14. The van der Waals surface area contributed by atoms with E-state index >= 15 is 0 Å². The molecular formula is C26H37N3O. The van der Waals surface area contributed by atoms with Crippen LogP contribution in [0.3, 0.4) is 0 Å². The van der Waals surface area contributed by atoms with E-state index in [0.29, 0.717) is 30.0 Å². The number of amides is 1. The third kappa shape index (κ3) is 3.19. The van der Waals surface area contributed by atoms with Crippen LogP contribution in [0.15, 0.2) is 24.4 Å². The summed E-state index contributed by atoms with van der Waals surface area (Å²) in [4.78, 5) is 18.1. The molecule has 4 nitrogen and oxygen atoms in total. The zero-order chi connectivity index (χ0) is 21.0. The molecule has 3 atom stereocenters. The van der Waals surface area contributed by atoms with E-state index in [2.05, 4.69) is 66.7 Å². The molecule has 0 bridgehead atoms. The van der Waals surface area contributed by atoms with Gasteiger partial charge >= 0.3 is 0 Å². The maximum atomic E-state index is 13.5. The predicted molar refractivity (Wildman–Crippen MR) is 123 cm³/mol. The van der Waals surface area contributed by atoms with Crippen LogP contribution < -0.4 is 0 Å². The number of fused-ring (bicyclic) bond motifs is 2. The van der Waals surface area contributed by atoms with E-state index in [1.165, 1.54) is 54.1 Å². The first-order chi connectivity index (χ1) is 14.5. The van der Waals surface area contributed by atoms with Crippen molar-refractivity contribution < 1.29 is 4.79 Å². The molecule has 1 unspecified atom stereocenters. The van der Waals surface area contributed by atoms with Gasteiger partial charge < -0.3 is 14.4 Å². The Hall–Kier alpha value is -1.81. The first-order valence-corrected chi connectivity index (χ1v) is 12.0. The van der Waals surface area contributed by atoms with E-state index in [-0.39, 0.29) is 5.92 Å². The zero-order valence-electron chi connectivity index (χ0n) is 19.1. The van der Waals surface area contributed by atoms with Gasteiger partial charge in [-0.05, 0) is 63.8 Å². The molecule has 162 valence electrons. The predicted octanol–water partition coefficient (Wildman–Crippen LogP) is 4.97. The first kappa shape index (κ1) is 20.1. The SMILES string of the molecule is CC(C)n1cc2c3c(cccc31)C1C[C@@H](C(=O)N(C)C3CCCCC3)CN(C)[C@@H]1C2. The van der Waals surface area contributed by atoms with Gasteiger partial charge in [0.15, 0.2) is 0 Å². The Bertz CT molecular complexity index is 939. The van der Waals surface area contributed by atoms with Crippen LogP contribution in [-0.4, -0.2) is 53.0 Å². The number of hydrogen-bond donors (Lipinski definition) is 0. The molecule has 1 aromatic heterocycles. The van der Waals surface area contributed by atoms with E-state index in [0.717, 1.165) is 19.4 Å². The molecule has 1 amide bonds. The van der Waals surface area contributed by atoms with Crippen LogP contribution in [0.1, 0.15) is 75.5 Å². The lowest BCUT2D eigenvalue weighted by molar-refractivity contribution is -0.139. The third-order valence-corrected chi connectivity index (χ3v) is 8.25. The summed E-state index contributed by atoms with van der Waals surface area (Å²) in [7, 11) is 4.30. The summed E-state index contributed by atoms with van der Waals surface area (Å²) >= 11 is 0. The van der Waals surface area contributed by atoms with Gasteiger partial charge in [-0.1, -0.05) is 31.4 Å². The number of benzene rings is 1. The normalized spacial score (nSPS) is 27.4. The number of likely N-dealkylation sites (N-methyl/N-ethyl adjacent to an activating group) is 1. The van der Waals surface area contributed by atoms with Crippen molar-refractivity contribution in [3.63, 3.8) is 0 Å². The maximum Gasteiger partial charge on any atom is 0.226 e. The zero-order valence-corrected chi connectivity index (χ0v) is 19.1. The fourth-order valence-electron chi connectivity index (χ4n) is 6.62. The van der Waals surface area contributed by atoms with Crippen molar-refractivity contribution >= 4 is 16.8 Å². The highest BCUT2D eigenvalue weighted by Crippen LogP contribution is 2.45. The van der Waals surface area contributed by atoms with E-state index in [4.69, 9.17) is 0 Å². The summed E-state index contributed by atoms with van der Waals surface area (Å²) in [5, 5.41) is 1.47. The van der Waals surface area contributed by atoms with Crippen LogP contribution >= 0.6 is 0 Å². The van der Waals surface area contributed by atoms with Crippen molar-refractivity contribution in [3.05, 3.63) is 35.5 Å². The molecule has 3 aliphatic rings. The van der Waals surface area contributed by atoms with Crippen molar-refractivity contribution in [1.82, 2.24) is 14.4 Å². The monoisotopic (exact) mass is 407 g/mol. The van der Waals surface area contributed by atoms with E-state index in [9.17, 15) is 4.79 Å². The Balaban J connectivity index is 1.45. The second-order valence-corrected chi connectivity index (χ2v) is 10.4. The van der Waals surface area contributed by atoms with Gasteiger partial charge in [0.25, 0.3) is 0 Å². The molecule has 1 aromatic carbocycles. The Labute approximate surface area is 181 Å². The van der Waals surface area contributed by atoms with Gasteiger partial charge in [0.05, 0.1) is 5.92 Å². The number of hydrogen-bond acceptors (Lipinski definition) is 2. The molecule has 2 fully saturated rings. The average molecular weight is 408 g/mol. The number of carbonyl (C=O) groups excluding carboxylic acids is 1. The number of likely N-dealkylation sites (tertiary alicyclic amines) is 1. The Kier molecular flexibility index (Phi) is 5.17. The standard InChI is InChI=1S/C26H37N3O/c1-17(2)29-16-18-14-24-22(21-11-8-12-23(29)25(18)21)13-19(15-27(24)3)26(30)28(4)20-9-6-5-7-10-20/h8,11-12,16-17,19-20,22,24H,5-7,9-10,13-15H2,1-4H3/t19-,22?,24-/m1/s1. The van der Waals surface area contributed by atoms with Crippen molar-refractivity contribution in [2.24, 2.45) is 5.92 Å². The van der Waals surface area contributed by atoms with Crippen LogP contribution in [0.25, 0.3) is 10.9 Å². The van der Waals surface area contributed by atoms with Crippen LogP contribution in [0.4, 0.5) is 0 Å². The van der Waals surface area contributed by atoms with E-state index in [1.54, 1.807) is 0 Å². The van der Waals surface area contributed by atoms with E-state index < -0.39 is 0 Å². The number of piperidine rings is 1. The van der Waals surface area contributed by atoms with Crippen LogP contribution in [0.2, 0.25) is 0 Å².